The highest BCUT2D eigenvalue weighted by atomic mass is 19.3. The quantitative estimate of drug-likeness (QED) is 0.682. The van der Waals surface area contributed by atoms with Crippen molar-refractivity contribution in [2.24, 2.45) is 0 Å². The first-order chi connectivity index (χ1) is 12.5. The summed E-state index contributed by atoms with van der Waals surface area (Å²) in [4.78, 5) is 23.5. The average Bonchev–Trinajstić information content (AvgIpc) is 2.62. The number of aliphatic carboxylic acids is 1. The van der Waals surface area contributed by atoms with Gasteiger partial charge in [-0.2, -0.15) is 8.78 Å². The van der Waals surface area contributed by atoms with Crippen molar-refractivity contribution in [1.29, 1.82) is 0 Å². The van der Waals surface area contributed by atoms with E-state index in [4.69, 9.17) is 14.6 Å². The van der Waals surface area contributed by atoms with Crippen LogP contribution < -0.4 is 4.74 Å². The molecule has 5 nitrogen and oxygen atoms in total. The van der Waals surface area contributed by atoms with Crippen LogP contribution in [0.25, 0.3) is 0 Å². The molecule has 1 aromatic rings. The Hall–Kier alpha value is -2.18. The molecular weight excluding hydrogens is 358 g/mol. The number of benzene rings is 1. The number of hydrogen-bond donors (Lipinski definition) is 1. The number of carbonyl (C=O) groups excluding carboxylic acids is 1. The van der Waals surface area contributed by atoms with E-state index in [9.17, 15) is 18.4 Å². The van der Waals surface area contributed by atoms with Gasteiger partial charge in [-0.15, -0.1) is 0 Å². The molecule has 1 aromatic carbocycles. The molecule has 0 amide bonds. The number of ether oxygens (including phenoxy) is 2. The third-order valence-electron chi connectivity index (χ3n) is 5.13. The SMILES string of the molecule is CCC(C)(C)Oc1ccc(C(=O)OC2(C(F)(F)C(=O)O)CCCCC2)cc1. The first-order valence-corrected chi connectivity index (χ1v) is 9.17. The van der Waals surface area contributed by atoms with E-state index in [2.05, 4.69) is 0 Å². The van der Waals surface area contributed by atoms with Crippen molar-refractivity contribution >= 4 is 11.9 Å². The second kappa shape index (κ2) is 7.82. The summed E-state index contributed by atoms with van der Waals surface area (Å²) in [6, 6.07) is 5.99. The van der Waals surface area contributed by atoms with Crippen molar-refractivity contribution in [3.05, 3.63) is 29.8 Å². The fraction of sp³-hybridized carbons (Fsp3) is 0.600. The highest BCUT2D eigenvalue weighted by Crippen LogP contribution is 2.44. The zero-order chi connectivity index (χ0) is 20.3. The lowest BCUT2D eigenvalue weighted by atomic mass is 9.79. The maximum atomic E-state index is 14.4. The maximum absolute atomic E-state index is 14.4. The second-order valence-corrected chi connectivity index (χ2v) is 7.56. The summed E-state index contributed by atoms with van der Waals surface area (Å²) in [5.74, 6) is -6.83. The standard InChI is InChI=1S/C20H26F2O5/c1-4-18(2,3)26-15-10-8-14(9-11-15)16(23)27-19(12-6-5-7-13-19)20(21,22)17(24)25/h8-11H,4-7,12-13H2,1-3H3,(H,24,25). The Kier molecular flexibility index (Phi) is 6.12. The van der Waals surface area contributed by atoms with Crippen LogP contribution in [0.4, 0.5) is 8.78 Å². The van der Waals surface area contributed by atoms with Gasteiger partial charge in [-0.25, -0.2) is 9.59 Å². The molecule has 1 saturated carbocycles. The van der Waals surface area contributed by atoms with Gasteiger partial charge in [-0.05, 0) is 70.2 Å². The Morgan fingerprint density at radius 2 is 1.67 bits per heavy atom. The molecule has 1 fully saturated rings. The van der Waals surface area contributed by atoms with E-state index in [1.54, 1.807) is 12.1 Å². The molecule has 1 aliphatic carbocycles. The van der Waals surface area contributed by atoms with Crippen LogP contribution in [0.15, 0.2) is 24.3 Å². The minimum absolute atomic E-state index is 0.0720. The van der Waals surface area contributed by atoms with Gasteiger partial charge in [0.05, 0.1) is 5.56 Å². The molecule has 1 N–H and O–H groups in total. The van der Waals surface area contributed by atoms with Crippen molar-refractivity contribution in [2.45, 2.75) is 76.4 Å². The lowest BCUT2D eigenvalue weighted by Crippen LogP contribution is -2.56. The molecule has 27 heavy (non-hydrogen) atoms. The summed E-state index contributed by atoms with van der Waals surface area (Å²) >= 11 is 0. The van der Waals surface area contributed by atoms with E-state index in [0.717, 1.165) is 6.42 Å². The summed E-state index contributed by atoms with van der Waals surface area (Å²) in [7, 11) is 0. The molecular formula is C20H26F2O5. The first-order valence-electron chi connectivity index (χ1n) is 9.17. The van der Waals surface area contributed by atoms with Gasteiger partial charge < -0.3 is 14.6 Å². The number of hydrogen-bond acceptors (Lipinski definition) is 4. The van der Waals surface area contributed by atoms with Gasteiger partial charge in [0.15, 0.2) is 5.60 Å². The third kappa shape index (κ3) is 4.57. The van der Waals surface area contributed by atoms with E-state index in [-0.39, 0.29) is 24.0 Å². The van der Waals surface area contributed by atoms with Gasteiger partial charge in [0.25, 0.3) is 0 Å². The summed E-state index contributed by atoms with van der Waals surface area (Å²) < 4.78 is 39.6. The molecule has 0 radical (unpaired) electrons. The van der Waals surface area contributed by atoms with Crippen LogP contribution in [0.2, 0.25) is 0 Å². The van der Waals surface area contributed by atoms with Crippen LogP contribution in [-0.4, -0.2) is 34.2 Å². The highest BCUT2D eigenvalue weighted by molar-refractivity contribution is 5.90. The van der Waals surface area contributed by atoms with Gasteiger partial charge in [-0.1, -0.05) is 13.3 Å². The second-order valence-electron chi connectivity index (χ2n) is 7.56. The number of carbonyl (C=O) groups is 2. The smallest absolute Gasteiger partial charge is 0.381 e. The topological polar surface area (TPSA) is 72.8 Å². The van der Waals surface area contributed by atoms with Gasteiger partial charge >= 0.3 is 17.9 Å². The monoisotopic (exact) mass is 384 g/mol. The van der Waals surface area contributed by atoms with Crippen LogP contribution >= 0.6 is 0 Å². The van der Waals surface area contributed by atoms with E-state index in [1.165, 1.54) is 12.1 Å². The molecule has 1 aliphatic rings. The van der Waals surface area contributed by atoms with Crippen LogP contribution in [0, 0.1) is 0 Å². The van der Waals surface area contributed by atoms with Crippen LogP contribution in [0.3, 0.4) is 0 Å². The largest absolute Gasteiger partial charge is 0.488 e. The zero-order valence-electron chi connectivity index (χ0n) is 15.9. The summed E-state index contributed by atoms with van der Waals surface area (Å²) in [5.41, 5.74) is -2.62. The van der Waals surface area contributed by atoms with E-state index in [0.29, 0.717) is 25.0 Å². The molecule has 0 spiro atoms. The molecule has 0 bridgehead atoms. The fourth-order valence-corrected chi connectivity index (χ4v) is 3.08. The molecule has 0 saturated heterocycles. The van der Waals surface area contributed by atoms with Crippen molar-refractivity contribution in [3.63, 3.8) is 0 Å². The van der Waals surface area contributed by atoms with Crippen LogP contribution in [0.1, 0.15) is 69.7 Å². The Labute approximate surface area is 157 Å². The molecule has 0 heterocycles. The van der Waals surface area contributed by atoms with Crippen molar-refractivity contribution in [2.75, 3.05) is 0 Å². The summed E-state index contributed by atoms with van der Waals surface area (Å²) in [5, 5.41) is 8.95. The van der Waals surface area contributed by atoms with Gasteiger partial charge in [-0.3, -0.25) is 0 Å². The van der Waals surface area contributed by atoms with Crippen molar-refractivity contribution in [3.8, 4) is 5.75 Å². The van der Waals surface area contributed by atoms with Crippen LogP contribution in [-0.2, 0) is 9.53 Å². The molecule has 0 atom stereocenters. The molecule has 0 aromatic heterocycles. The van der Waals surface area contributed by atoms with E-state index in [1.807, 2.05) is 20.8 Å². The van der Waals surface area contributed by atoms with Gasteiger partial charge in [0.2, 0.25) is 0 Å². The highest BCUT2D eigenvalue weighted by Gasteiger charge is 2.62. The lowest BCUT2D eigenvalue weighted by Gasteiger charge is -2.40. The van der Waals surface area contributed by atoms with Gasteiger partial charge in [0.1, 0.15) is 11.4 Å². The molecule has 0 aliphatic heterocycles. The van der Waals surface area contributed by atoms with Crippen molar-refractivity contribution in [1.82, 2.24) is 0 Å². The fourth-order valence-electron chi connectivity index (χ4n) is 3.08. The Bertz CT molecular complexity index is 676. The Morgan fingerprint density at radius 1 is 1.11 bits per heavy atom. The molecule has 7 heteroatoms. The average molecular weight is 384 g/mol. The minimum atomic E-state index is -4.14. The predicted molar refractivity (Wildman–Crippen MR) is 95.3 cm³/mol. The lowest BCUT2D eigenvalue weighted by molar-refractivity contribution is -0.215. The molecule has 0 unspecified atom stereocenters. The number of esters is 1. The Balaban J connectivity index is 2.19. The maximum Gasteiger partial charge on any atom is 0.381 e. The summed E-state index contributed by atoms with van der Waals surface area (Å²) in [6.45, 7) is 5.84. The third-order valence-corrected chi connectivity index (χ3v) is 5.13. The number of carboxylic acid groups (broad SMARTS) is 1. The van der Waals surface area contributed by atoms with Gasteiger partial charge in [0, 0.05) is 0 Å². The number of carboxylic acids is 1. The number of alkyl halides is 2. The zero-order valence-corrected chi connectivity index (χ0v) is 15.9. The minimum Gasteiger partial charge on any atom is -0.488 e. The molecule has 2 rings (SSSR count). The predicted octanol–water partition coefficient (Wildman–Crippen LogP) is 4.83. The number of rotatable bonds is 7. The van der Waals surface area contributed by atoms with E-state index >= 15 is 0 Å². The summed E-state index contributed by atoms with van der Waals surface area (Å²) in [6.07, 6.45) is 1.90. The molecule has 150 valence electrons. The van der Waals surface area contributed by atoms with E-state index < -0.39 is 23.5 Å². The number of halogens is 2. The Morgan fingerprint density at radius 3 is 2.15 bits per heavy atom. The van der Waals surface area contributed by atoms with Crippen LogP contribution in [0.5, 0.6) is 5.75 Å². The normalized spacial score (nSPS) is 17.2. The van der Waals surface area contributed by atoms with Crippen molar-refractivity contribution < 1.29 is 33.0 Å². The first kappa shape index (κ1) is 21.1.